The molecule has 156 valence electrons. The first-order valence-corrected chi connectivity index (χ1v) is 10.8. The minimum absolute atomic E-state index is 0.134. The lowest BCUT2D eigenvalue weighted by atomic mass is 10.1. The number of nitrogens with one attached hydrogen (secondary N) is 1. The number of carbonyl (C=O) groups excluding carboxylic acids is 3. The van der Waals surface area contributed by atoms with E-state index >= 15 is 0 Å². The molecule has 0 aliphatic rings. The number of ketones is 1. The quantitative estimate of drug-likeness (QED) is 0.538. The second-order valence-electron chi connectivity index (χ2n) is 6.80. The number of Topliss-reactive ketones (excluding diaryl/α,β-unsaturated/α-hetero) is 1. The Hall–Kier alpha value is -2.94. The van der Waals surface area contributed by atoms with Crippen LogP contribution >= 0.6 is 0 Å². The Morgan fingerprint density at radius 2 is 1.66 bits per heavy atom. The van der Waals surface area contributed by atoms with E-state index in [2.05, 4.69) is 4.98 Å². The lowest BCUT2D eigenvalue weighted by Gasteiger charge is -2.12. The number of aryl methyl sites for hydroxylation is 1. The van der Waals surface area contributed by atoms with E-state index in [0.29, 0.717) is 16.8 Å². The summed E-state index contributed by atoms with van der Waals surface area (Å²) in [5.41, 5.74) is 2.09. The first-order valence-electron chi connectivity index (χ1n) is 8.74. The molecule has 0 aliphatic heterocycles. The van der Waals surface area contributed by atoms with Crippen LogP contribution in [0.1, 0.15) is 54.9 Å². The van der Waals surface area contributed by atoms with Gasteiger partial charge in [-0.1, -0.05) is 12.1 Å². The van der Waals surface area contributed by atoms with Gasteiger partial charge < -0.3 is 14.5 Å². The molecule has 0 aliphatic carbocycles. The Balaban J connectivity index is 2.14. The monoisotopic (exact) mass is 421 g/mol. The molecule has 2 aromatic rings. The molecule has 8 nitrogen and oxygen atoms in total. The van der Waals surface area contributed by atoms with E-state index < -0.39 is 33.7 Å². The van der Waals surface area contributed by atoms with Crippen LogP contribution in [-0.4, -0.2) is 50.6 Å². The average Bonchev–Trinajstić information content (AvgIpc) is 2.93. The van der Waals surface area contributed by atoms with Crippen LogP contribution in [-0.2, 0) is 25.1 Å². The van der Waals surface area contributed by atoms with Gasteiger partial charge in [0.25, 0.3) is 0 Å². The number of hydrogen-bond acceptors (Lipinski definition) is 7. The van der Waals surface area contributed by atoms with Crippen LogP contribution < -0.4 is 0 Å². The minimum atomic E-state index is -3.18. The van der Waals surface area contributed by atoms with Crippen LogP contribution in [0, 0.1) is 13.8 Å². The highest BCUT2D eigenvalue weighted by Gasteiger charge is 2.27. The summed E-state index contributed by atoms with van der Waals surface area (Å²) in [6, 6.07) is 5.93. The van der Waals surface area contributed by atoms with Crippen molar-refractivity contribution in [3.8, 4) is 0 Å². The van der Waals surface area contributed by atoms with Crippen molar-refractivity contribution in [2.75, 3.05) is 13.4 Å². The number of ether oxygens (including phenoxy) is 2. The number of sulfone groups is 1. The molecule has 1 N–H and O–H groups in total. The molecule has 1 atom stereocenters. The molecule has 0 saturated heterocycles. The molecule has 1 aromatic heterocycles. The molecule has 9 heteroatoms. The molecule has 0 fully saturated rings. The smallest absolute Gasteiger partial charge is 0.339 e. The highest BCUT2D eigenvalue weighted by atomic mass is 32.2. The number of benzene rings is 1. The van der Waals surface area contributed by atoms with Gasteiger partial charge in [0.1, 0.15) is 0 Å². The lowest BCUT2D eigenvalue weighted by Crippen LogP contribution is -2.25. The Morgan fingerprint density at radius 3 is 2.17 bits per heavy atom. The number of H-pyrrole nitrogens is 1. The lowest BCUT2D eigenvalue weighted by molar-refractivity contribution is 0.0316. The second-order valence-corrected chi connectivity index (χ2v) is 8.94. The van der Waals surface area contributed by atoms with Gasteiger partial charge in [-0.05, 0) is 44.0 Å². The summed E-state index contributed by atoms with van der Waals surface area (Å²) < 4.78 is 32.6. The van der Waals surface area contributed by atoms with Gasteiger partial charge >= 0.3 is 11.9 Å². The summed E-state index contributed by atoms with van der Waals surface area (Å²) >= 11 is 0. The van der Waals surface area contributed by atoms with Crippen molar-refractivity contribution in [1.82, 2.24) is 4.98 Å². The van der Waals surface area contributed by atoms with Gasteiger partial charge in [-0.3, -0.25) is 4.79 Å². The highest BCUT2D eigenvalue weighted by molar-refractivity contribution is 7.89. The summed E-state index contributed by atoms with van der Waals surface area (Å²) in [4.78, 5) is 39.7. The van der Waals surface area contributed by atoms with E-state index in [9.17, 15) is 22.8 Å². The zero-order valence-corrected chi connectivity index (χ0v) is 17.7. The normalized spacial score (nSPS) is 12.3. The standard InChI is InChI=1S/C20H23NO7S/c1-11-16(20(24)27-4)12(2)21-17(11)18(22)13(3)28-19(23)15-8-6-14(7-9-15)10-29(5,25)26/h6-9,13,21H,10H2,1-5H3/t13-/m0/s1. The minimum Gasteiger partial charge on any atom is -0.465 e. The molecular formula is C20H23NO7S. The predicted octanol–water partition coefficient (Wildman–Crippen LogP) is 2.39. The van der Waals surface area contributed by atoms with Gasteiger partial charge in [0, 0.05) is 11.9 Å². The number of esters is 2. The molecule has 0 unspecified atom stereocenters. The van der Waals surface area contributed by atoms with Crippen LogP contribution in [0.25, 0.3) is 0 Å². The molecule has 29 heavy (non-hydrogen) atoms. The van der Waals surface area contributed by atoms with Crippen LogP contribution in [0.2, 0.25) is 0 Å². The number of hydrogen-bond donors (Lipinski definition) is 1. The number of aromatic amines is 1. The maximum absolute atomic E-state index is 12.7. The van der Waals surface area contributed by atoms with Crippen molar-refractivity contribution in [3.63, 3.8) is 0 Å². The fourth-order valence-corrected chi connectivity index (χ4v) is 3.73. The van der Waals surface area contributed by atoms with E-state index in [1.54, 1.807) is 13.8 Å². The zero-order chi connectivity index (χ0) is 21.9. The first-order chi connectivity index (χ1) is 13.4. The second kappa shape index (κ2) is 8.60. The summed E-state index contributed by atoms with van der Waals surface area (Å²) in [7, 11) is -1.93. The van der Waals surface area contributed by atoms with E-state index in [1.165, 1.54) is 38.3 Å². The van der Waals surface area contributed by atoms with E-state index in [1.807, 2.05) is 0 Å². The van der Waals surface area contributed by atoms with E-state index in [4.69, 9.17) is 9.47 Å². The zero-order valence-electron chi connectivity index (χ0n) is 16.9. The van der Waals surface area contributed by atoms with Crippen molar-refractivity contribution < 1.29 is 32.3 Å². The van der Waals surface area contributed by atoms with E-state index in [0.717, 1.165) is 6.26 Å². The molecule has 1 heterocycles. The fraction of sp³-hybridized carbons (Fsp3) is 0.350. The Morgan fingerprint density at radius 1 is 1.07 bits per heavy atom. The molecular weight excluding hydrogens is 398 g/mol. The van der Waals surface area contributed by atoms with Gasteiger partial charge in [-0.15, -0.1) is 0 Å². The fourth-order valence-electron chi connectivity index (χ4n) is 2.93. The van der Waals surface area contributed by atoms with Crippen LogP contribution in [0.4, 0.5) is 0 Å². The summed E-state index contributed by atoms with van der Waals surface area (Å²) in [6.45, 7) is 4.69. The Bertz CT molecular complexity index is 1050. The number of methoxy groups -OCH3 is 1. The first kappa shape index (κ1) is 22.4. The molecule has 0 spiro atoms. The van der Waals surface area contributed by atoms with Crippen molar-refractivity contribution in [2.24, 2.45) is 0 Å². The van der Waals surface area contributed by atoms with Crippen molar-refractivity contribution >= 4 is 27.6 Å². The SMILES string of the molecule is COC(=O)c1c(C)[nH]c(C(=O)[C@H](C)OC(=O)c2ccc(CS(C)(=O)=O)cc2)c1C. The van der Waals surface area contributed by atoms with Crippen LogP contribution in [0.5, 0.6) is 0 Å². The van der Waals surface area contributed by atoms with Gasteiger partial charge in [-0.2, -0.15) is 0 Å². The van der Waals surface area contributed by atoms with Crippen LogP contribution in [0.15, 0.2) is 24.3 Å². The average molecular weight is 421 g/mol. The molecule has 0 saturated carbocycles. The molecule has 0 amide bonds. The summed E-state index contributed by atoms with van der Waals surface area (Å²) in [6.07, 6.45) is 0.0266. The highest BCUT2D eigenvalue weighted by Crippen LogP contribution is 2.21. The summed E-state index contributed by atoms with van der Waals surface area (Å²) in [5.74, 6) is -1.90. The topological polar surface area (TPSA) is 120 Å². The third kappa shape index (κ3) is 5.32. The summed E-state index contributed by atoms with van der Waals surface area (Å²) in [5, 5.41) is 0. The number of carbonyl (C=O) groups is 3. The van der Waals surface area contributed by atoms with Crippen LogP contribution in [0.3, 0.4) is 0 Å². The van der Waals surface area contributed by atoms with Crippen molar-refractivity contribution in [3.05, 3.63) is 57.9 Å². The van der Waals surface area contributed by atoms with Crippen molar-refractivity contribution in [2.45, 2.75) is 32.6 Å². The molecule has 2 rings (SSSR count). The largest absolute Gasteiger partial charge is 0.465 e. The Labute approximate surface area is 169 Å². The van der Waals surface area contributed by atoms with Gasteiger partial charge in [-0.25, -0.2) is 18.0 Å². The molecule has 0 radical (unpaired) electrons. The van der Waals surface area contributed by atoms with Gasteiger partial charge in [0.05, 0.1) is 29.7 Å². The Kier molecular flexibility index (Phi) is 6.63. The molecule has 0 bridgehead atoms. The van der Waals surface area contributed by atoms with Crippen molar-refractivity contribution in [1.29, 1.82) is 0 Å². The van der Waals surface area contributed by atoms with Gasteiger partial charge in [0.2, 0.25) is 5.78 Å². The number of rotatable bonds is 7. The van der Waals surface area contributed by atoms with Gasteiger partial charge in [0.15, 0.2) is 15.9 Å². The van der Waals surface area contributed by atoms with E-state index in [-0.39, 0.29) is 22.6 Å². The predicted molar refractivity (Wildman–Crippen MR) is 106 cm³/mol. The third-order valence-electron chi connectivity index (χ3n) is 4.34. The maximum atomic E-state index is 12.7. The molecule has 1 aromatic carbocycles. The number of aromatic nitrogens is 1. The third-order valence-corrected chi connectivity index (χ3v) is 5.20. The maximum Gasteiger partial charge on any atom is 0.339 e.